The standard InChI is InChI=1S/C14H15BrN2O2S/c1-4-5-11-16-9(6-10(15)17-11)12-8(2)7-20-13(12)14(18)19-3/h6-7H,4-5H2,1-3H3. The molecule has 0 N–H and O–H groups in total. The Balaban J connectivity index is 2.56. The number of esters is 1. The average molecular weight is 355 g/mol. The Morgan fingerprint density at radius 2 is 2.20 bits per heavy atom. The highest BCUT2D eigenvalue weighted by Crippen LogP contribution is 2.33. The first-order valence-corrected chi connectivity index (χ1v) is 7.94. The van der Waals surface area contributed by atoms with E-state index in [1.54, 1.807) is 0 Å². The van der Waals surface area contributed by atoms with Gasteiger partial charge in [0.2, 0.25) is 0 Å². The minimum absolute atomic E-state index is 0.329. The fourth-order valence-corrected chi connectivity index (χ4v) is 3.33. The molecule has 0 saturated carbocycles. The second-order valence-electron chi connectivity index (χ2n) is 4.36. The van der Waals surface area contributed by atoms with Gasteiger partial charge in [0.1, 0.15) is 15.3 Å². The van der Waals surface area contributed by atoms with Crippen LogP contribution in [0, 0.1) is 6.92 Å². The smallest absolute Gasteiger partial charge is 0.348 e. The van der Waals surface area contributed by atoms with Crippen LogP contribution in [0.25, 0.3) is 11.3 Å². The third kappa shape index (κ3) is 3.07. The maximum absolute atomic E-state index is 11.8. The maximum atomic E-state index is 11.8. The summed E-state index contributed by atoms with van der Waals surface area (Å²) in [6.45, 7) is 4.05. The second-order valence-corrected chi connectivity index (χ2v) is 6.05. The van der Waals surface area contributed by atoms with Crippen LogP contribution >= 0.6 is 27.3 Å². The molecular formula is C14H15BrN2O2S. The lowest BCUT2D eigenvalue weighted by molar-refractivity contribution is 0.0607. The predicted molar refractivity (Wildman–Crippen MR) is 83.1 cm³/mol. The number of nitrogens with zero attached hydrogens (tertiary/aromatic N) is 2. The molecule has 0 aromatic carbocycles. The van der Waals surface area contributed by atoms with Crippen molar-refractivity contribution in [1.29, 1.82) is 0 Å². The van der Waals surface area contributed by atoms with Crippen molar-refractivity contribution in [3.05, 3.63) is 32.3 Å². The summed E-state index contributed by atoms with van der Waals surface area (Å²) in [5.41, 5.74) is 2.61. The highest BCUT2D eigenvalue weighted by Gasteiger charge is 2.20. The van der Waals surface area contributed by atoms with Gasteiger partial charge in [-0.05, 0) is 46.3 Å². The Bertz CT molecular complexity index is 640. The van der Waals surface area contributed by atoms with E-state index in [1.165, 1.54) is 18.4 Å². The van der Waals surface area contributed by atoms with Gasteiger partial charge in [-0.3, -0.25) is 0 Å². The molecule has 2 rings (SSSR count). The van der Waals surface area contributed by atoms with Gasteiger partial charge in [-0.1, -0.05) is 6.92 Å². The summed E-state index contributed by atoms with van der Waals surface area (Å²) >= 11 is 4.79. The molecule has 4 nitrogen and oxygen atoms in total. The number of rotatable bonds is 4. The van der Waals surface area contributed by atoms with Crippen molar-refractivity contribution in [3.8, 4) is 11.3 Å². The number of carbonyl (C=O) groups is 1. The fraction of sp³-hybridized carbons (Fsp3) is 0.357. The molecule has 0 spiro atoms. The topological polar surface area (TPSA) is 52.1 Å². The number of aryl methyl sites for hydroxylation is 2. The van der Waals surface area contributed by atoms with Gasteiger partial charge in [-0.2, -0.15) is 0 Å². The van der Waals surface area contributed by atoms with E-state index in [2.05, 4.69) is 32.8 Å². The van der Waals surface area contributed by atoms with Crippen LogP contribution in [-0.4, -0.2) is 23.0 Å². The van der Waals surface area contributed by atoms with Crippen LogP contribution in [0.5, 0.6) is 0 Å². The van der Waals surface area contributed by atoms with Gasteiger partial charge in [0.25, 0.3) is 0 Å². The summed E-state index contributed by atoms with van der Waals surface area (Å²) in [7, 11) is 1.39. The maximum Gasteiger partial charge on any atom is 0.348 e. The van der Waals surface area contributed by atoms with Gasteiger partial charge in [0.15, 0.2) is 0 Å². The van der Waals surface area contributed by atoms with Gasteiger partial charge in [-0.25, -0.2) is 14.8 Å². The zero-order valence-corrected chi connectivity index (χ0v) is 14.0. The molecular weight excluding hydrogens is 340 g/mol. The van der Waals surface area contributed by atoms with Gasteiger partial charge < -0.3 is 4.74 Å². The van der Waals surface area contributed by atoms with Crippen LogP contribution in [0.1, 0.15) is 34.4 Å². The lowest BCUT2D eigenvalue weighted by atomic mass is 10.1. The molecule has 2 heterocycles. The number of halogens is 1. The minimum atomic E-state index is -0.329. The monoisotopic (exact) mass is 354 g/mol. The molecule has 0 fully saturated rings. The second kappa shape index (κ2) is 6.45. The first-order valence-electron chi connectivity index (χ1n) is 6.27. The number of hydrogen-bond acceptors (Lipinski definition) is 5. The molecule has 20 heavy (non-hydrogen) atoms. The van der Waals surface area contributed by atoms with Crippen LogP contribution in [0.4, 0.5) is 0 Å². The van der Waals surface area contributed by atoms with Gasteiger partial charge >= 0.3 is 5.97 Å². The van der Waals surface area contributed by atoms with Crippen molar-refractivity contribution in [2.24, 2.45) is 0 Å². The highest BCUT2D eigenvalue weighted by atomic mass is 79.9. The van der Waals surface area contributed by atoms with Gasteiger partial charge in [0, 0.05) is 12.0 Å². The minimum Gasteiger partial charge on any atom is -0.465 e. The first-order chi connectivity index (χ1) is 9.56. The summed E-state index contributed by atoms with van der Waals surface area (Å²) in [6, 6.07) is 1.83. The number of aromatic nitrogens is 2. The van der Waals surface area contributed by atoms with Crippen molar-refractivity contribution in [2.75, 3.05) is 7.11 Å². The summed E-state index contributed by atoms with van der Waals surface area (Å²) in [5.74, 6) is 0.447. The van der Waals surface area contributed by atoms with Gasteiger partial charge in [0.05, 0.1) is 12.8 Å². The Kier molecular flexibility index (Phi) is 4.88. The van der Waals surface area contributed by atoms with E-state index in [4.69, 9.17) is 4.74 Å². The Labute approximate surface area is 130 Å². The fourth-order valence-electron chi connectivity index (χ4n) is 1.93. The zero-order valence-electron chi connectivity index (χ0n) is 11.6. The SMILES string of the molecule is CCCc1nc(Br)cc(-c2c(C)csc2C(=O)OC)n1. The number of ether oxygens (including phenoxy) is 1. The first kappa shape index (κ1) is 15.1. The van der Waals surface area contributed by atoms with E-state index < -0.39 is 0 Å². The van der Waals surface area contributed by atoms with Crippen LogP contribution in [0.2, 0.25) is 0 Å². The van der Waals surface area contributed by atoms with Crippen LogP contribution < -0.4 is 0 Å². The number of hydrogen-bond donors (Lipinski definition) is 0. The molecule has 0 radical (unpaired) electrons. The van der Waals surface area contributed by atoms with Crippen molar-refractivity contribution in [1.82, 2.24) is 9.97 Å². The summed E-state index contributed by atoms with van der Waals surface area (Å²) in [4.78, 5) is 21.3. The molecule has 0 saturated heterocycles. The lowest BCUT2D eigenvalue weighted by Gasteiger charge is -2.07. The number of methoxy groups -OCH3 is 1. The van der Waals surface area contributed by atoms with Crippen molar-refractivity contribution in [2.45, 2.75) is 26.7 Å². The molecule has 2 aromatic rings. The predicted octanol–water partition coefficient (Wildman–Crippen LogP) is 4.02. The van der Waals surface area contributed by atoms with Gasteiger partial charge in [-0.15, -0.1) is 11.3 Å². The molecule has 0 aliphatic carbocycles. The number of carbonyl (C=O) groups excluding carboxylic acids is 1. The third-order valence-corrected chi connectivity index (χ3v) is 4.30. The molecule has 0 aliphatic heterocycles. The quantitative estimate of drug-likeness (QED) is 0.614. The van der Waals surface area contributed by atoms with Crippen LogP contribution in [0.3, 0.4) is 0 Å². The molecule has 0 atom stereocenters. The summed E-state index contributed by atoms with van der Waals surface area (Å²) in [5, 5.41) is 1.94. The van der Waals surface area contributed by atoms with E-state index in [0.29, 0.717) is 4.88 Å². The van der Waals surface area contributed by atoms with Crippen molar-refractivity contribution < 1.29 is 9.53 Å². The Hall–Kier alpha value is -1.27. The zero-order chi connectivity index (χ0) is 14.7. The van der Waals surface area contributed by atoms with E-state index in [1.807, 2.05) is 18.4 Å². The molecule has 0 amide bonds. The van der Waals surface area contributed by atoms with Crippen molar-refractivity contribution in [3.63, 3.8) is 0 Å². The molecule has 2 aromatic heterocycles. The normalized spacial score (nSPS) is 10.6. The van der Waals surface area contributed by atoms with Crippen molar-refractivity contribution >= 4 is 33.2 Å². The summed E-state index contributed by atoms with van der Waals surface area (Å²) < 4.78 is 5.57. The third-order valence-electron chi connectivity index (χ3n) is 2.82. The Morgan fingerprint density at radius 3 is 2.85 bits per heavy atom. The molecule has 0 aliphatic rings. The highest BCUT2D eigenvalue weighted by molar-refractivity contribution is 9.10. The molecule has 0 bridgehead atoms. The summed E-state index contributed by atoms with van der Waals surface area (Å²) in [6.07, 6.45) is 1.78. The largest absolute Gasteiger partial charge is 0.465 e. The van der Waals surface area contributed by atoms with E-state index in [9.17, 15) is 4.79 Å². The Morgan fingerprint density at radius 1 is 1.45 bits per heavy atom. The van der Waals surface area contributed by atoms with Crippen LogP contribution in [-0.2, 0) is 11.2 Å². The van der Waals surface area contributed by atoms with Crippen LogP contribution in [0.15, 0.2) is 16.0 Å². The lowest BCUT2D eigenvalue weighted by Crippen LogP contribution is -2.03. The molecule has 0 unspecified atom stereocenters. The average Bonchev–Trinajstić information content (AvgIpc) is 2.79. The molecule has 6 heteroatoms. The van der Waals surface area contributed by atoms with E-state index in [0.717, 1.165) is 40.1 Å². The van der Waals surface area contributed by atoms with E-state index >= 15 is 0 Å². The molecule has 106 valence electrons. The number of thiophene rings is 1. The van der Waals surface area contributed by atoms with E-state index in [-0.39, 0.29) is 5.97 Å².